The highest BCUT2D eigenvalue weighted by atomic mass is 32.1. The third kappa shape index (κ3) is 4.15. The highest BCUT2D eigenvalue weighted by molar-refractivity contribution is 7.10. The third-order valence-electron chi connectivity index (χ3n) is 5.84. The lowest BCUT2D eigenvalue weighted by atomic mass is 9.86. The Morgan fingerprint density at radius 3 is 2.76 bits per heavy atom. The van der Waals surface area contributed by atoms with E-state index in [0.29, 0.717) is 12.5 Å². The molecule has 1 aliphatic rings. The number of carbonyl (C=O) groups is 1. The Hall–Kier alpha value is -2.40. The van der Waals surface area contributed by atoms with Gasteiger partial charge in [-0.2, -0.15) is 5.10 Å². The van der Waals surface area contributed by atoms with Crippen LogP contribution < -0.4 is 4.90 Å². The van der Waals surface area contributed by atoms with Gasteiger partial charge in [0, 0.05) is 28.9 Å². The van der Waals surface area contributed by atoms with Crippen LogP contribution >= 0.6 is 11.3 Å². The number of fused-ring (bicyclic) bond motifs is 1. The Bertz CT molecular complexity index is 970. The number of nitrogens with zero attached hydrogens (tertiary/aromatic N) is 3. The molecule has 0 radical (unpaired) electrons. The Kier molecular flexibility index (Phi) is 5.86. The lowest BCUT2D eigenvalue weighted by Gasteiger charge is -2.30. The number of aromatic nitrogens is 2. The number of aryl methyl sites for hydroxylation is 2. The fraction of sp³-hybridized carbons (Fsp3) is 0.417. The van der Waals surface area contributed by atoms with Gasteiger partial charge in [0.05, 0.1) is 18.7 Å². The highest BCUT2D eigenvalue weighted by Gasteiger charge is 2.31. The van der Waals surface area contributed by atoms with Crippen LogP contribution in [0.15, 0.2) is 48.1 Å². The molecule has 0 saturated carbocycles. The minimum Gasteiger partial charge on any atom is -0.307 e. The van der Waals surface area contributed by atoms with Crippen molar-refractivity contribution in [1.82, 2.24) is 9.78 Å². The summed E-state index contributed by atoms with van der Waals surface area (Å²) >= 11 is 1.79. The van der Waals surface area contributed by atoms with Crippen LogP contribution in [0.2, 0.25) is 0 Å². The van der Waals surface area contributed by atoms with E-state index < -0.39 is 0 Å². The maximum Gasteiger partial charge on any atom is 0.234 e. The second-order valence-corrected chi connectivity index (χ2v) is 9.12. The van der Waals surface area contributed by atoms with E-state index in [1.165, 1.54) is 16.0 Å². The highest BCUT2D eigenvalue weighted by Crippen LogP contribution is 2.37. The first-order chi connectivity index (χ1) is 14.1. The Balaban J connectivity index is 1.67. The summed E-state index contributed by atoms with van der Waals surface area (Å²) in [7, 11) is 0. The molecule has 0 spiro atoms. The van der Waals surface area contributed by atoms with Crippen LogP contribution in [0.25, 0.3) is 0 Å². The second kappa shape index (κ2) is 8.54. The number of thiophene rings is 1. The maximum absolute atomic E-state index is 13.8. The molecule has 0 saturated heterocycles. The Morgan fingerprint density at radius 2 is 2.07 bits per heavy atom. The van der Waals surface area contributed by atoms with Crippen molar-refractivity contribution in [2.24, 2.45) is 0 Å². The van der Waals surface area contributed by atoms with Crippen molar-refractivity contribution in [1.29, 1.82) is 0 Å². The molecule has 5 heteroatoms. The summed E-state index contributed by atoms with van der Waals surface area (Å²) in [4.78, 5) is 17.1. The van der Waals surface area contributed by atoms with Crippen LogP contribution in [0.1, 0.15) is 67.0 Å². The van der Waals surface area contributed by atoms with E-state index in [1.807, 2.05) is 22.0 Å². The van der Waals surface area contributed by atoms with Gasteiger partial charge in [-0.1, -0.05) is 26.0 Å². The minimum absolute atomic E-state index is 0.0454. The molecule has 1 aromatic carbocycles. The summed E-state index contributed by atoms with van der Waals surface area (Å²) in [6.45, 7) is 7.84. The monoisotopic (exact) mass is 407 g/mol. The van der Waals surface area contributed by atoms with Crippen molar-refractivity contribution < 1.29 is 4.79 Å². The first kappa shape index (κ1) is 19.9. The summed E-state index contributed by atoms with van der Waals surface area (Å²) in [5, 5.41) is 6.53. The van der Waals surface area contributed by atoms with E-state index in [0.717, 1.165) is 37.1 Å². The maximum atomic E-state index is 13.8. The molecule has 0 N–H and O–H groups in total. The molecule has 4 rings (SSSR count). The minimum atomic E-state index is -0.0454. The van der Waals surface area contributed by atoms with Crippen LogP contribution in [0.3, 0.4) is 0 Å². The summed E-state index contributed by atoms with van der Waals surface area (Å²) in [6, 6.07) is 10.6. The van der Waals surface area contributed by atoms with Crippen LogP contribution in [0.5, 0.6) is 0 Å². The molecule has 2 heterocycles. The Morgan fingerprint density at radius 1 is 1.28 bits per heavy atom. The van der Waals surface area contributed by atoms with E-state index in [-0.39, 0.29) is 11.8 Å². The number of hydrogen-bond donors (Lipinski definition) is 0. The summed E-state index contributed by atoms with van der Waals surface area (Å²) in [6.07, 6.45) is 7.03. The van der Waals surface area contributed by atoms with E-state index in [1.54, 1.807) is 11.3 Å². The van der Waals surface area contributed by atoms with E-state index in [2.05, 4.69) is 61.6 Å². The Labute approximate surface area is 177 Å². The number of benzene rings is 1. The lowest BCUT2D eigenvalue weighted by molar-refractivity contribution is -0.120. The van der Waals surface area contributed by atoms with Gasteiger partial charge in [0.25, 0.3) is 0 Å². The van der Waals surface area contributed by atoms with Crippen LogP contribution in [0, 0.1) is 0 Å². The van der Waals surface area contributed by atoms with Crippen LogP contribution in [-0.4, -0.2) is 15.7 Å². The zero-order valence-electron chi connectivity index (χ0n) is 17.5. The summed E-state index contributed by atoms with van der Waals surface area (Å²) in [5.74, 6) is 0.629. The molecule has 3 aromatic rings. The molecule has 1 aliphatic carbocycles. The van der Waals surface area contributed by atoms with Gasteiger partial charge in [-0.05, 0) is 66.8 Å². The normalized spacial score (nSPS) is 16.1. The predicted octanol–water partition coefficient (Wildman–Crippen LogP) is 5.74. The van der Waals surface area contributed by atoms with E-state index >= 15 is 0 Å². The standard InChI is InChI=1S/C24H29N3OS/c1-4-26-15-18(14-25-26)16-27(20-10-8-19(9-11-20)17(2)3)24(28)22-6-5-7-23-21(22)12-13-29-23/h8-15,17,22H,4-7,16H2,1-3H3. The van der Waals surface area contributed by atoms with Crippen molar-refractivity contribution in [3.05, 3.63) is 69.7 Å². The molecule has 29 heavy (non-hydrogen) atoms. The molecular weight excluding hydrogens is 378 g/mol. The SMILES string of the molecule is CCn1cc(CN(C(=O)C2CCCc3sccc32)c2ccc(C(C)C)cc2)cn1. The van der Waals surface area contributed by atoms with Crippen molar-refractivity contribution in [2.75, 3.05) is 4.90 Å². The fourth-order valence-corrected chi connectivity index (χ4v) is 5.10. The van der Waals surface area contributed by atoms with Gasteiger partial charge >= 0.3 is 0 Å². The van der Waals surface area contributed by atoms with Gasteiger partial charge in [0.15, 0.2) is 0 Å². The number of hydrogen-bond acceptors (Lipinski definition) is 3. The van der Waals surface area contributed by atoms with Gasteiger partial charge in [-0.25, -0.2) is 0 Å². The number of rotatable bonds is 6. The molecule has 1 amide bonds. The summed E-state index contributed by atoms with van der Waals surface area (Å²) in [5.41, 5.74) is 4.55. The second-order valence-electron chi connectivity index (χ2n) is 8.12. The smallest absolute Gasteiger partial charge is 0.234 e. The van der Waals surface area contributed by atoms with Crippen molar-refractivity contribution in [3.63, 3.8) is 0 Å². The molecule has 0 fully saturated rings. The van der Waals surface area contributed by atoms with Gasteiger partial charge in [0.1, 0.15) is 0 Å². The van der Waals surface area contributed by atoms with Gasteiger partial charge < -0.3 is 4.90 Å². The quantitative estimate of drug-likeness (QED) is 0.522. The zero-order chi connectivity index (χ0) is 20.4. The third-order valence-corrected chi connectivity index (χ3v) is 6.84. The largest absolute Gasteiger partial charge is 0.307 e. The first-order valence-corrected chi connectivity index (χ1v) is 11.4. The fourth-order valence-electron chi connectivity index (χ4n) is 4.11. The van der Waals surface area contributed by atoms with Gasteiger partial charge in [-0.15, -0.1) is 11.3 Å². The van der Waals surface area contributed by atoms with E-state index in [4.69, 9.17) is 0 Å². The predicted molar refractivity (Wildman–Crippen MR) is 120 cm³/mol. The average molecular weight is 408 g/mol. The topological polar surface area (TPSA) is 38.1 Å². The summed E-state index contributed by atoms with van der Waals surface area (Å²) < 4.78 is 1.91. The zero-order valence-corrected chi connectivity index (χ0v) is 18.3. The van der Waals surface area contributed by atoms with Crippen LogP contribution in [-0.2, 0) is 24.3 Å². The number of anilines is 1. The lowest BCUT2D eigenvalue weighted by Crippen LogP contribution is -2.35. The number of carbonyl (C=O) groups excluding carboxylic acids is 1. The molecule has 1 unspecified atom stereocenters. The first-order valence-electron chi connectivity index (χ1n) is 10.6. The molecule has 1 atom stereocenters. The van der Waals surface area contributed by atoms with Gasteiger partial charge in [0.2, 0.25) is 5.91 Å². The van der Waals surface area contributed by atoms with Crippen molar-refractivity contribution in [3.8, 4) is 0 Å². The average Bonchev–Trinajstić information content (AvgIpc) is 3.40. The molecule has 0 bridgehead atoms. The van der Waals surface area contributed by atoms with Crippen LogP contribution in [0.4, 0.5) is 5.69 Å². The van der Waals surface area contributed by atoms with Gasteiger partial charge in [-0.3, -0.25) is 9.48 Å². The van der Waals surface area contributed by atoms with Crippen molar-refractivity contribution in [2.45, 2.75) is 65.0 Å². The number of amides is 1. The molecule has 2 aromatic heterocycles. The molecule has 4 nitrogen and oxygen atoms in total. The van der Waals surface area contributed by atoms with E-state index in [9.17, 15) is 4.79 Å². The molecular formula is C24H29N3OS. The molecule has 0 aliphatic heterocycles. The molecule has 152 valence electrons. The van der Waals surface area contributed by atoms with Crippen molar-refractivity contribution >= 4 is 22.9 Å².